The number of imidazole rings is 1. The minimum absolute atomic E-state index is 0.314. The van der Waals surface area contributed by atoms with Crippen molar-refractivity contribution in [2.75, 3.05) is 5.73 Å². The lowest BCUT2D eigenvalue weighted by Gasteiger charge is -2.06. The van der Waals surface area contributed by atoms with Crippen molar-refractivity contribution < 1.29 is 4.68 Å². The molecule has 0 radical (unpaired) electrons. The first kappa shape index (κ1) is 15.0. The van der Waals surface area contributed by atoms with Crippen molar-refractivity contribution in [3.63, 3.8) is 0 Å². The van der Waals surface area contributed by atoms with Gasteiger partial charge in [-0.1, -0.05) is 36.4 Å². The van der Waals surface area contributed by atoms with E-state index in [-0.39, 0.29) is 0 Å². The van der Waals surface area contributed by atoms with Crippen molar-refractivity contribution in [2.24, 2.45) is 0 Å². The minimum atomic E-state index is 0.314. The smallest absolute Gasteiger partial charge is 0.258 e. The standard InChI is InChI=1S/C19H16N6/c20-18-9-8-15(14-4-2-1-3-5-14)24-25(18)19(21)11-13-6-7-16-17(10-13)23-12-22-16/h1-10,12,20-21H,11H2,(H,22,23)/p+1. The molecule has 0 spiro atoms. The van der Waals surface area contributed by atoms with Gasteiger partial charge in [-0.05, 0) is 23.8 Å². The number of nitrogens with zero attached hydrogens (tertiary/aromatic N) is 3. The van der Waals surface area contributed by atoms with E-state index in [1.54, 1.807) is 12.4 Å². The fourth-order valence-corrected chi connectivity index (χ4v) is 2.77. The van der Waals surface area contributed by atoms with Gasteiger partial charge < -0.3 is 10.7 Å². The second-order valence-electron chi connectivity index (χ2n) is 5.80. The molecule has 0 saturated heterocycles. The van der Waals surface area contributed by atoms with Gasteiger partial charge in [-0.15, -0.1) is 9.78 Å². The number of aromatic nitrogens is 4. The van der Waals surface area contributed by atoms with Crippen LogP contribution in [0.5, 0.6) is 0 Å². The van der Waals surface area contributed by atoms with Crippen molar-refractivity contribution in [1.82, 2.24) is 15.1 Å². The number of nitrogen functional groups attached to an aromatic ring is 1. The molecule has 0 aliphatic heterocycles. The Labute approximate surface area is 144 Å². The van der Waals surface area contributed by atoms with Gasteiger partial charge in [-0.25, -0.2) is 4.98 Å². The van der Waals surface area contributed by atoms with Gasteiger partial charge in [-0.2, -0.15) is 5.41 Å². The van der Waals surface area contributed by atoms with Crippen LogP contribution < -0.4 is 10.4 Å². The Morgan fingerprint density at radius 3 is 2.76 bits per heavy atom. The molecular weight excluding hydrogens is 312 g/mol. The molecule has 6 heteroatoms. The van der Waals surface area contributed by atoms with Crippen LogP contribution in [0, 0.1) is 5.41 Å². The van der Waals surface area contributed by atoms with Crippen LogP contribution in [0.25, 0.3) is 22.3 Å². The van der Waals surface area contributed by atoms with Crippen molar-refractivity contribution in [3.8, 4) is 11.3 Å². The maximum Gasteiger partial charge on any atom is 0.258 e. The molecule has 6 nitrogen and oxygen atoms in total. The summed E-state index contributed by atoms with van der Waals surface area (Å²) in [7, 11) is 0. The Balaban J connectivity index is 1.65. The highest BCUT2D eigenvalue weighted by Crippen LogP contribution is 2.15. The summed E-state index contributed by atoms with van der Waals surface area (Å²) in [5.41, 5.74) is 10.7. The third-order valence-electron chi connectivity index (χ3n) is 4.05. The summed E-state index contributed by atoms with van der Waals surface area (Å²) >= 11 is 0. The van der Waals surface area contributed by atoms with Gasteiger partial charge in [-0.3, -0.25) is 0 Å². The molecule has 2 aromatic carbocycles. The average Bonchev–Trinajstić information content (AvgIpc) is 3.10. The van der Waals surface area contributed by atoms with Crippen LogP contribution in [-0.2, 0) is 6.42 Å². The van der Waals surface area contributed by atoms with Gasteiger partial charge in [0, 0.05) is 11.6 Å². The molecule has 0 fully saturated rings. The van der Waals surface area contributed by atoms with E-state index in [1.807, 2.05) is 54.6 Å². The van der Waals surface area contributed by atoms with Gasteiger partial charge in [0.25, 0.3) is 5.84 Å². The third-order valence-corrected chi connectivity index (χ3v) is 4.05. The van der Waals surface area contributed by atoms with Gasteiger partial charge in [0.05, 0.1) is 23.8 Å². The van der Waals surface area contributed by atoms with Crippen LogP contribution in [0.2, 0.25) is 0 Å². The fourth-order valence-electron chi connectivity index (χ4n) is 2.77. The van der Waals surface area contributed by atoms with E-state index in [1.165, 1.54) is 4.68 Å². The molecule has 4 N–H and O–H groups in total. The number of nitrogens with one attached hydrogen (secondary N) is 2. The zero-order chi connectivity index (χ0) is 17.2. The third kappa shape index (κ3) is 2.97. The number of H-pyrrole nitrogens is 1. The van der Waals surface area contributed by atoms with E-state index >= 15 is 0 Å². The van der Waals surface area contributed by atoms with Crippen LogP contribution in [0.15, 0.2) is 67.0 Å². The van der Waals surface area contributed by atoms with Gasteiger partial charge in [0.2, 0.25) is 5.82 Å². The number of fused-ring (bicyclic) bond motifs is 1. The number of aromatic amines is 1. The number of rotatable bonds is 3. The Morgan fingerprint density at radius 2 is 1.92 bits per heavy atom. The summed E-state index contributed by atoms with van der Waals surface area (Å²) in [6.07, 6.45) is 2.09. The molecule has 25 heavy (non-hydrogen) atoms. The molecule has 0 unspecified atom stereocenters. The van der Waals surface area contributed by atoms with Gasteiger partial charge in [0.1, 0.15) is 5.69 Å². The van der Waals surface area contributed by atoms with Crippen molar-refractivity contribution >= 4 is 22.7 Å². The van der Waals surface area contributed by atoms with E-state index in [2.05, 4.69) is 15.1 Å². The predicted molar refractivity (Wildman–Crippen MR) is 97.2 cm³/mol. The van der Waals surface area contributed by atoms with Crippen LogP contribution in [0.4, 0.5) is 5.82 Å². The fraction of sp³-hybridized carbons (Fsp3) is 0.0526. The van der Waals surface area contributed by atoms with Gasteiger partial charge in [0.15, 0.2) is 0 Å². The monoisotopic (exact) mass is 329 g/mol. The first-order chi connectivity index (χ1) is 12.2. The number of benzene rings is 2. The summed E-state index contributed by atoms with van der Waals surface area (Å²) in [5.74, 6) is 0.751. The number of hydrogen-bond donors (Lipinski definition) is 3. The molecule has 4 rings (SSSR count). The molecule has 2 heterocycles. The lowest BCUT2D eigenvalue weighted by atomic mass is 10.1. The number of nitrogens with two attached hydrogens (primary N) is 1. The minimum Gasteiger partial charge on any atom is -0.345 e. The molecule has 2 aromatic heterocycles. The zero-order valence-corrected chi connectivity index (χ0v) is 13.5. The molecule has 122 valence electrons. The molecule has 0 bridgehead atoms. The maximum absolute atomic E-state index is 8.43. The molecular formula is C19H17N6+. The molecule has 0 aliphatic carbocycles. The summed E-state index contributed by atoms with van der Waals surface area (Å²) in [6, 6.07) is 19.4. The predicted octanol–water partition coefficient (Wildman–Crippen LogP) is 2.56. The van der Waals surface area contributed by atoms with Crippen LogP contribution in [0.3, 0.4) is 0 Å². The second-order valence-corrected chi connectivity index (χ2v) is 5.80. The van der Waals surface area contributed by atoms with Crippen molar-refractivity contribution in [2.45, 2.75) is 6.42 Å². The Bertz CT molecular complexity index is 1050. The average molecular weight is 329 g/mol. The molecule has 0 aliphatic rings. The van der Waals surface area contributed by atoms with E-state index in [0.717, 1.165) is 27.9 Å². The summed E-state index contributed by atoms with van der Waals surface area (Å²) in [4.78, 5) is 7.30. The summed E-state index contributed by atoms with van der Waals surface area (Å²) in [5, 5.41) is 13.0. The van der Waals surface area contributed by atoms with Crippen molar-refractivity contribution in [1.29, 1.82) is 5.41 Å². The molecule has 0 saturated carbocycles. The van der Waals surface area contributed by atoms with E-state index in [4.69, 9.17) is 11.1 Å². The first-order valence-corrected chi connectivity index (χ1v) is 7.95. The highest BCUT2D eigenvalue weighted by Gasteiger charge is 2.15. The lowest BCUT2D eigenvalue weighted by molar-refractivity contribution is -0.608. The van der Waals surface area contributed by atoms with Crippen LogP contribution in [0.1, 0.15) is 5.56 Å². The summed E-state index contributed by atoms with van der Waals surface area (Å²) in [6.45, 7) is 0. The topological polar surface area (TPSA) is 95.3 Å². The van der Waals surface area contributed by atoms with Gasteiger partial charge >= 0.3 is 0 Å². The molecule has 0 atom stereocenters. The lowest BCUT2D eigenvalue weighted by Crippen LogP contribution is -2.49. The quantitative estimate of drug-likeness (QED) is 0.306. The Hall–Kier alpha value is -3.54. The van der Waals surface area contributed by atoms with Crippen LogP contribution in [-0.4, -0.2) is 20.9 Å². The Morgan fingerprint density at radius 1 is 1.08 bits per heavy atom. The largest absolute Gasteiger partial charge is 0.345 e. The number of anilines is 1. The van der Waals surface area contributed by atoms with Crippen LogP contribution >= 0.6 is 0 Å². The highest BCUT2D eigenvalue weighted by molar-refractivity contribution is 5.79. The summed E-state index contributed by atoms with van der Waals surface area (Å²) < 4.78 is 1.49. The normalized spacial score (nSPS) is 10.9. The second kappa shape index (κ2) is 6.16. The van der Waals surface area contributed by atoms with Crippen molar-refractivity contribution in [3.05, 3.63) is 72.6 Å². The SMILES string of the molecule is N=C(Cc1ccc2nc[nH]c2c1)[n+]1nc(-c2ccccc2)ccc1N. The highest BCUT2D eigenvalue weighted by atomic mass is 15.3. The Kier molecular flexibility index (Phi) is 3.70. The molecule has 0 amide bonds. The van der Waals surface area contributed by atoms with E-state index in [0.29, 0.717) is 18.1 Å². The van der Waals surface area contributed by atoms with E-state index in [9.17, 15) is 0 Å². The molecule has 4 aromatic rings. The maximum atomic E-state index is 8.43. The number of hydrogen-bond acceptors (Lipinski definition) is 4. The van der Waals surface area contributed by atoms with E-state index < -0.39 is 0 Å². The zero-order valence-electron chi connectivity index (χ0n) is 13.5. The first-order valence-electron chi connectivity index (χ1n) is 7.95.